The van der Waals surface area contributed by atoms with E-state index < -0.39 is 10.9 Å². The fraction of sp³-hybridized carbons (Fsp3) is 0.188. The molecule has 0 aliphatic rings. The van der Waals surface area contributed by atoms with Crippen LogP contribution in [0.25, 0.3) is 0 Å². The number of nitro benzene ring substituents is 1. The molecule has 6 nitrogen and oxygen atoms in total. The largest absolute Gasteiger partial charge is 0.465 e. The molecule has 0 N–H and O–H groups in total. The third-order valence-electron chi connectivity index (χ3n) is 2.90. The molecule has 132 valence electrons. The van der Waals surface area contributed by atoms with Crippen molar-refractivity contribution in [3.8, 4) is 11.5 Å². The first-order valence-corrected chi connectivity index (χ1v) is 8.84. The summed E-state index contributed by atoms with van der Waals surface area (Å²) in [7, 11) is 0. The highest BCUT2D eigenvalue weighted by Gasteiger charge is 2.17. The van der Waals surface area contributed by atoms with Gasteiger partial charge in [0.05, 0.1) is 27.2 Å². The minimum Gasteiger partial charge on any atom is -0.465 e. The number of nitro groups is 1. The van der Waals surface area contributed by atoms with Crippen LogP contribution in [0.1, 0.15) is 6.92 Å². The van der Waals surface area contributed by atoms with E-state index in [1.54, 1.807) is 19.1 Å². The van der Waals surface area contributed by atoms with E-state index in [9.17, 15) is 14.9 Å². The molecule has 0 radical (unpaired) electrons. The molecule has 0 fully saturated rings. The number of halogens is 2. The van der Waals surface area contributed by atoms with Gasteiger partial charge in [0.25, 0.3) is 5.69 Å². The van der Waals surface area contributed by atoms with Gasteiger partial charge >= 0.3 is 5.97 Å². The van der Waals surface area contributed by atoms with Crippen LogP contribution >= 0.6 is 35.0 Å². The lowest BCUT2D eigenvalue weighted by molar-refractivity contribution is -0.387. The quantitative estimate of drug-likeness (QED) is 0.269. The van der Waals surface area contributed by atoms with E-state index in [-0.39, 0.29) is 18.0 Å². The van der Waals surface area contributed by atoms with E-state index in [0.717, 1.165) is 11.8 Å². The second-order valence-corrected chi connectivity index (χ2v) is 6.52. The van der Waals surface area contributed by atoms with Crippen LogP contribution in [0.15, 0.2) is 41.3 Å². The summed E-state index contributed by atoms with van der Waals surface area (Å²) in [5.41, 5.74) is -0.121. The molecule has 9 heteroatoms. The highest BCUT2D eigenvalue weighted by molar-refractivity contribution is 8.00. The first-order valence-electron chi connectivity index (χ1n) is 7.10. The van der Waals surface area contributed by atoms with Crippen LogP contribution in [0.4, 0.5) is 5.69 Å². The SMILES string of the molecule is CCOC(=O)CSc1cc(Oc2ccc(Cl)cc2Cl)ccc1[N+](=O)[O-]. The van der Waals surface area contributed by atoms with Crippen molar-refractivity contribution in [2.45, 2.75) is 11.8 Å². The summed E-state index contributed by atoms with van der Waals surface area (Å²) in [6.45, 7) is 1.94. The first-order chi connectivity index (χ1) is 11.9. The van der Waals surface area contributed by atoms with Gasteiger partial charge < -0.3 is 9.47 Å². The molecule has 0 aliphatic carbocycles. The Hall–Kier alpha value is -1.96. The molecule has 0 saturated heterocycles. The highest BCUT2D eigenvalue weighted by atomic mass is 35.5. The Labute approximate surface area is 158 Å². The minimum atomic E-state index is -0.521. The average molecular weight is 402 g/mol. The maximum Gasteiger partial charge on any atom is 0.316 e. The minimum absolute atomic E-state index is 0.0418. The molecule has 2 aromatic rings. The van der Waals surface area contributed by atoms with E-state index >= 15 is 0 Å². The van der Waals surface area contributed by atoms with Gasteiger partial charge in [0.2, 0.25) is 0 Å². The Bertz CT molecular complexity index is 800. The number of esters is 1. The van der Waals surface area contributed by atoms with E-state index in [2.05, 4.69) is 0 Å². The third kappa shape index (κ3) is 5.52. The molecule has 0 unspecified atom stereocenters. The van der Waals surface area contributed by atoms with Crippen molar-refractivity contribution in [1.82, 2.24) is 0 Å². The predicted molar refractivity (Wildman–Crippen MR) is 97.0 cm³/mol. The predicted octanol–water partition coefficient (Wildman–Crippen LogP) is 5.35. The monoisotopic (exact) mass is 401 g/mol. The lowest BCUT2D eigenvalue weighted by Crippen LogP contribution is -2.06. The third-order valence-corrected chi connectivity index (χ3v) is 4.45. The van der Waals surface area contributed by atoms with Gasteiger partial charge in [-0.05, 0) is 31.2 Å². The van der Waals surface area contributed by atoms with E-state index in [1.165, 1.54) is 24.3 Å². The van der Waals surface area contributed by atoms with E-state index in [1.807, 2.05) is 0 Å². The van der Waals surface area contributed by atoms with Crippen molar-refractivity contribution in [3.05, 3.63) is 56.6 Å². The number of rotatable bonds is 7. The van der Waals surface area contributed by atoms with Gasteiger partial charge in [0, 0.05) is 17.2 Å². The summed E-state index contributed by atoms with van der Waals surface area (Å²) in [6, 6.07) is 8.99. The average Bonchev–Trinajstić information content (AvgIpc) is 2.56. The van der Waals surface area contributed by atoms with Crippen LogP contribution in [-0.2, 0) is 9.53 Å². The number of hydrogen-bond donors (Lipinski definition) is 0. The first kappa shape index (κ1) is 19.4. The molecule has 0 atom stereocenters. The smallest absolute Gasteiger partial charge is 0.316 e. The normalized spacial score (nSPS) is 10.4. The van der Waals surface area contributed by atoms with Crippen molar-refractivity contribution in [2.75, 3.05) is 12.4 Å². The summed E-state index contributed by atoms with van der Waals surface area (Å²) >= 11 is 12.9. The van der Waals surface area contributed by atoms with E-state index in [4.69, 9.17) is 32.7 Å². The Kier molecular flexibility index (Phi) is 6.92. The van der Waals surface area contributed by atoms with Gasteiger partial charge in [-0.25, -0.2) is 0 Å². The molecular formula is C16H13Cl2NO5S. The molecule has 0 aliphatic heterocycles. The van der Waals surface area contributed by atoms with Crippen LogP contribution in [0.3, 0.4) is 0 Å². The van der Waals surface area contributed by atoms with Crippen LogP contribution in [0, 0.1) is 10.1 Å². The highest BCUT2D eigenvalue weighted by Crippen LogP contribution is 2.36. The van der Waals surface area contributed by atoms with Crippen LogP contribution < -0.4 is 4.74 Å². The number of ether oxygens (including phenoxy) is 2. The summed E-state index contributed by atoms with van der Waals surface area (Å²) in [6.07, 6.45) is 0. The lowest BCUT2D eigenvalue weighted by atomic mass is 10.3. The molecule has 25 heavy (non-hydrogen) atoms. The molecule has 0 bridgehead atoms. The summed E-state index contributed by atoms with van der Waals surface area (Å²) in [5, 5.41) is 11.9. The molecule has 0 saturated carbocycles. The van der Waals surface area contributed by atoms with Gasteiger partial charge in [0.15, 0.2) is 0 Å². The second kappa shape index (κ2) is 8.94. The van der Waals surface area contributed by atoms with E-state index in [0.29, 0.717) is 26.4 Å². The Morgan fingerprint density at radius 2 is 2.00 bits per heavy atom. The van der Waals surface area contributed by atoms with Gasteiger partial charge in [-0.15, -0.1) is 11.8 Å². The van der Waals surface area contributed by atoms with Crippen molar-refractivity contribution in [1.29, 1.82) is 0 Å². The molecule has 2 rings (SSSR count). The summed E-state index contributed by atoms with van der Waals surface area (Å²) in [5.74, 6) is 0.219. The summed E-state index contributed by atoms with van der Waals surface area (Å²) in [4.78, 5) is 22.4. The molecule has 0 aromatic heterocycles. The van der Waals surface area contributed by atoms with Gasteiger partial charge in [-0.1, -0.05) is 23.2 Å². The van der Waals surface area contributed by atoms with Crippen LogP contribution in [-0.4, -0.2) is 23.3 Å². The van der Waals surface area contributed by atoms with Gasteiger partial charge in [0.1, 0.15) is 11.5 Å². The number of hydrogen-bond acceptors (Lipinski definition) is 6. The van der Waals surface area contributed by atoms with Crippen molar-refractivity contribution in [3.63, 3.8) is 0 Å². The topological polar surface area (TPSA) is 78.7 Å². The Morgan fingerprint density at radius 3 is 2.64 bits per heavy atom. The van der Waals surface area contributed by atoms with Gasteiger partial charge in [-0.3, -0.25) is 14.9 Å². The van der Waals surface area contributed by atoms with Gasteiger partial charge in [-0.2, -0.15) is 0 Å². The zero-order chi connectivity index (χ0) is 18.4. The molecule has 0 spiro atoms. The maximum atomic E-state index is 11.5. The van der Waals surface area contributed by atoms with Crippen LogP contribution in [0.5, 0.6) is 11.5 Å². The fourth-order valence-corrected chi connectivity index (χ4v) is 3.14. The van der Waals surface area contributed by atoms with Crippen molar-refractivity contribution < 1.29 is 19.2 Å². The number of benzene rings is 2. The zero-order valence-electron chi connectivity index (χ0n) is 13.0. The number of thioether (sulfide) groups is 1. The van der Waals surface area contributed by atoms with Crippen molar-refractivity contribution >= 4 is 46.6 Å². The maximum absolute atomic E-state index is 11.5. The van der Waals surface area contributed by atoms with Crippen molar-refractivity contribution in [2.24, 2.45) is 0 Å². The zero-order valence-corrected chi connectivity index (χ0v) is 15.4. The number of carbonyl (C=O) groups excluding carboxylic acids is 1. The summed E-state index contributed by atoms with van der Waals surface area (Å²) < 4.78 is 10.5. The number of nitrogens with zero attached hydrogens (tertiary/aromatic N) is 1. The Morgan fingerprint density at radius 1 is 1.24 bits per heavy atom. The molecule has 2 aromatic carbocycles. The lowest BCUT2D eigenvalue weighted by Gasteiger charge is -2.10. The molecule has 0 heterocycles. The van der Waals surface area contributed by atoms with Crippen LogP contribution in [0.2, 0.25) is 10.0 Å². The standard InChI is InChI=1S/C16H13Cl2NO5S/c1-2-23-16(20)9-25-15-8-11(4-5-13(15)19(21)22)24-14-6-3-10(17)7-12(14)18/h3-8H,2,9H2,1H3. The molecule has 0 amide bonds. The number of carbonyl (C=O) groups is 1. The Balaban J connectivity index is 2.23. The second-order valence-electron chi connectivity index (χ2n) is 4.66. The molecular weight excluding hydrogens is 389 g/mol. The fourth-order valence-electron chi connectivity index (χ4n) is 1.85.